The van der Waals surface area contributed by atoms with Crippen molar-refractivity contribution in [1.82, 2.24) is 4.90 Å². The normalized spacial score (nSPS) is 21.6. The molecule has 2 aromatic rings. The Labute approximate surface area is 129 Å². The van der Waals surface area contributed by atoms with Gasteiger partial charge in [-0.1, -0.05) is 12.1 Å². The predicted octanol–water partition coefficient (Wildman–Crippen LogP) is 4.24. The fourth-order valence-electron chi connectivity index (χ4n) is 2.68. The molecule has 1 N–H and O–H groups in total. The van der Waals surface area contributed by atoms with Gasteiger partial charge in [-0.3, -0.25) is 4.79 Å². The minimum atomic E-state index is -0.0406. The van der Waals surface area contributed by atoms with E-state index in [-0.39, 0.29) is 12.1 Å². The summed E-state index contributed by atoms with van der Waals surface area (Å²) in [5.41, 5.74) is 1.72. The monoisotopic (exact) mass is 348 g/mol. The first-order chi connectivity index (χ1) is 9.74. The molecule has 3 nitrogen and oxygen atoms in total. The maximum atomic E-state index is 12.8. The van der Waals surface area contributed by atoms with Crippen LogP contribution in [0.15, 0.2) is 40.2 Å². The van der Waals surface area contributed by atoms with Gasteiger partial charge in [-0.25, -0.2) is 0 Å². The summed E-state index contributed by atoms with van der Waals surface area (Å²) in [4.78, 5) is 16.0. The van der Waals surface area contributed by atoms with E-state index < -0.39 is 0 Å². The van der Waals surface area contributed by atoms with Crippen LogP contribution in [0.1, 0.15) is 34.2 Å². The predicted molar refractivity (Wildman–Crippen MR) is 84.0 cm³/mol. The number of hydrogen-bond acceptors (Lipinski definition) is 3. The van der Waals surface area contributed by atoms with E-state index in [4.69, 9.17) is 0 Å². The molecule has 102 valence electrons. The van der Waals surface area contributed by atoms with E-state index in [2.05, 4.69) is 27.3 Å². The molecular formula is C15H13BrN2OS. The van der Waals surface area contributed by atoms with Gasteiger partial charge < -0.3 is 10.2 Å². The molecule has 1 saturated carbocycles. The van der Waals surface area contributed by atoms with Crippen LogP contribution in [0.5, 0.6) is 0 Å². The maximum absolute atomic E-state index is 12.8. The van der Waals surface area contributed by atoms with E-state index in [9.17, 15) is 4.79 Å². The molecule has 0 radical (unpaired) electrons. The molecule has 2 heterocycles. The third kappa shape index (κ3) is 1.96. The van der Waals surface area contributed by atoms with Crippen molar-refractivity contribution in [3.63, 3.8) is 0 Å². The van der Waals surface area contributed by atoms with Gasteiger partial charge in [0, 0.05) is 16.6 Å². The minimum Gasteiger partial charge on any atom is -0.360 e. The van der Waals surface area contributed by atoms with Crippen molar-refractivity contribution in [2.24, 2.45) is 0 Å². The van der Waals surface area contributed by atoms with Crippen LogP contribution in [0, 0.1) is 0 Å². The van der Waals surface area contributed by atoms with E-state index in [1.165, 1.54) is 4.88 Å². The zero-order valence-corrected chi connectivity index (χ0v) is 13.1. The Bertz CT molecular complexity index is 680. The number of carbonyl (C=O) groups is 1. The van der Waals surface area contributed by atoms with Gasteiger partial charge in [-0.15, -0.1) is 11.3 Å². The summed E-state index contributed by atoms with van der Waals surface area (Å²) in [6.07, 6.45) is 2.18. The van der Waals surface area contributed by atoms with Gasteiger partial charge in [-0.2, -0.15) is 0 Å². The van der Waals surface area contributed by atoms with Gasteiger partial charge in [0.05, 0.1) is 9.35 Å². The van der Waals surface area contributed by atoms with Crippen molar-refractivity contribution in [1.29, 1.82) is 0 Å². The van der Waals surface area contributed by atoms with Crippen LogP contribution in [-0.4, -0.2) is 16.8 Å². The smallest absolute Gasteiger partial charge is 0.258 e. The van der Waals surface area contributed by atoms with Crippen LogP contribution in [-0.2, 0) is 0 Å². The molecule has 0 spiro atoms. The molecule has 0 saturated heterocycles. The van der Waals surface area contributed by atoms with Gasteiger partial charge in [0.1, 0.15) is 6.17 Å². The number of fused-ring (bicyclic) bond motifs is 1. The lowest BCUT2D eigenvalue weighted by Crippen LogP contribution is -2.43. The van der Waals surface area contributed by atoms with Crippen LogP contribution in [0.3, 0.4) is 0 Å². The summed E-state index contributed by atoms with van der Waals surface area (Å²) in [7, 11) is 0. The Kier molecular flexibility index (Phi) is 2.86. The van der Waals surface area contributed by atoms with Crippen molar-refractivity contribution in [2.75, 3.05) is 5.32 Å². The highest BCUT2D eigenvalue weighted by Crippen LogP contribution is 2.42. The van der Waals surface area contributed by atoms with Gasteiger partial charge in [0.2, 0.25) is 0 Å². The molecule has 1 aromatic carbocycles. The van der Waals surface area contributed by atoms with E-state index in [0.29, 0.717) is 6.04 Å². The van der Waals surface area contributed by atoms with E-state index in [1.54, 1.807) is 11.3 Å². The Morgan fingerprint density at radius 1 is 1.20 bits per heavy atom. The number of halogens is 1. The molecule has 1 atom stereocenters. The standard InChI is InChI=1S/C15H13BrN2OS/c16-13-8-7-12(20-13)14-17-11-4-2-1-3-10(11)15(19)18(14)9-5-6-9/h1-4,7-9,14,17H,5-6H2. The second-order valence-electron chi connectivity index (χ2n) is 5.18. The van der Waals surface area contributed by atoms with E-state index in [1.807, 2.05) is 35.2 Å². The zero-order chi connectivity index (χ0) is 13.7. The molecule has 1 amide bonds. The molecule has 2 aliphatic rings. The molecule has 4 rings (SSSR count). The summed E-state index contributed by atoms with van der Waals surface area (Å²) in [6.45, 7) is 0. The topological polar surface area (TPSA) is 32.3 Å². The molecular weight excluding hydrogens is 336 g/mol. The number of amides is 1. The first-order valence-corrected chi connectivity index (χ1v) is 8.28. The average molecular weight is 349 g/mol. The summed E-state index contributed by atoms with van der Waals surface area (Å²) >= 11 is 5.19. The van der Waals surface area contributed by atoms with Crippen molar-refractivity contribution < 1.29 is 4.79 Å². The molecule has 0 bridgehead atoms. The van der Waals surface area contributed by atoms with Crippen LogP contribution < -0.4 is 5.32 Å². The third-order valence-corrected chi connectivity index (χ3v) is 5.44. The minimum absolute atomic E-state index is 0.0406. The van der Waals surface area contributed by atoms with E-state index in [0.717, 1.165) is 27.9 Å². The summed E-state index contributed by atoms with van der Waals surface area (Å²) in [5.74, 6) is 0.149. The second-order valence-corrected chi connectivity index (χ2v) is 7.67. The number of para-hydroxylation sites is 1. The lowest BCUT2D eigenvalue weighted by Gasteiger charge is -2.37. The number of hydrogen-bond donors (Lipinski definition) is 1. The van der Waals surface area contributed by atoms with Crippen LogP contribution in [0.2, 0.25) is 0 Å². The zero-order valence-electron chi connectivity index (χ0n) is 10.7. The van der Waals surface area contributed by atoms with Crippen molar-refractivity contribution in [3.05, 3.63) is 50.6 Å². The number of anilines is 1. The summed E-state index contributed by atoms with van der Waals surface area (Å²) in [6, 6.07) is 12.3. The molecule has 1 fully saturated rings. The first-order valence-electron chi connectivity index (χ1n) is 6.67. The molecule has 5 heteroatoms. The Morgan fingerprint density at radius 3 is 2.70 bits per heavy atom. The second kappa shape index (κ2) is 4.60. The highest BCUT2D eigenvalue weighted by Gasteiger charge is 2.42. The van der Waals surface area contributed by atoms with Gasteiger partial charge in [0.25, 0.3) is 5.91 Å². The molecule has 20 heavy (non-hydrogen) atoms. The highest BCUT2D eigenvalue weighted by molar-refractivity contribution is 9.11. The quantitative estimate of drug-likeness (QED) is 0.880. The van der Waals surface area contributed by atoms with Crippen LogP contribution in [0.4, 0.5) is 5.69 Å². The van der Waals surface area contributed by atoms with Gasteiger partial charge >= 0.3 is 0 Å². The van der Waals surface area contributed by atoms with Crippen LogP contribution in [0.25, 0.3) is 0 Å². The average Bonchev–Trinajstić information content (AvgIpc) is 3.20. The van der Waals surface area contributed by atoms with Crippen molar-refractivity contribution in [3.8, 4) is 0 Å². The first kappa shape index (κ1) is 12.4. The Hall–Kier alpha value is -1.33. The molecule has 1 aromatic heterocycles. The van der Waals surface area contributed by atoms with Gasteiger partial charge in [-0.05, 0) is 53.0 Å². The number of thiophene rings is 1. The van der Waals surface area contributed by atoms with Crippen molar-refractivity contribution in [2.45, 2.75) is 25.0 Å². The highest BCUT2D eigenvalue weighted by atomic mass is 79.9. The van der Waals surface area contributed by atoms with E-state index >= 15 is 0 Å². The number of nitrogens with one attached hydrogen (secondary N) is 1. The largest absolute Gasteiger partial charge is 0.360 e. The lowest BCUT2D eigenvalue weighted by atomic mass is 10.1. The molecule has 1 aliphatic heterocycles. The van der Waals surface area contributed by atoms with Gasteiger partial charge in [0.15, 0.2) is 0 Å². The van der Waals surface area contributed by atoms with Crippen molar-refractivity contribution >= 4 is 38.9 Å². The summed E-state index contributed by atoms with van der Waals surface area (Å²) < 4.78 is 1.09. The molecule has 1 unspecified atom stereocenters. The SMILES string of the molecule is O=C1c2ccccc2NC(c2ccc(Br)s2)N1C1CC1. The fourth-order valence-corrected chi connectivity index (χ4v) is 4.16. The maximum Gasteiger partial charge on any atom is 0.258 e. The van der Waals surface area contributed by atoms with Crippen LogP contribution >= 0.6 is 27.3 Å². The number of benzene rings is 1. The molecule has 1 aliphatic carbocycles. The lowest BCUT2D eigenvalue weighted by molar-refractivity contribution is 0.0669. The number of nitrogens with zero attached hydrogens (tertiary/aromatic N) is 1. The number of rotatable bonds is 2. The summed E-state index contributed by atoms with van der Waals surface area (Å²) in [5, 5.41) is 3.52. The fraction of sp³-hybridized carbons (Fsp3) is 0.267. The number of carbonyl (C=O) groups excluding carboxylic acids is 1. The Morgan fingerprint density at radius 2 is 2.00 bits per heavy atom. The third-order valence-electron chi connectivity index (χ3n) is 3.77. The Balaban J connectivity index is 1.80.